The number of rotatable bonds is 3. The Morgan fingerprint density at radius 1 is 1.05 bits per heavy atom. The van der Waals surface area contributed by atoms with Gasteiger partial charge >= 0.3 is 0 Å². The first-order chi connectivity index (χ1) is 9.78. The average molecular weight is 265 g/mol. The first-order valence-electron chi connectivity index (χ1n) is 6.55. The second-order valence-corrected chi connectivity index (χ2v) is 4.70. The lowest BCUT2D eigenvalue weighted by molar-refractivity contribution is 0.969. The summed E-state index contributed by atoms with van der Waals surface area (Å²) in [6.07, 6.45) is 2.30. The van der Waals surface area contributed by atoms with Crippen molar-refractivity contribution in [2.24, 2.45) is 5.73 Å². The van der Waals surface area contributed by atoms with Gasteiger partial charge in [-0.15, -0.1) is 0 Å². The third-order valence-electron chi connectivity index (χ3n) is 3.36. The van der Waals surface area contributed by atoms with E-state index in [0.717, 1.165) is 17.5 Å². The lowest BCUT2D eigenvalue weighted by Gasteiger charge is -2.05. The molecule has 3 aromatic rings. The molecule has 2 aromatic carbocycles. The van der Waals surface area contributed by atoms with Crippen molar-refractivity contribution in [3.8, 4) is 11.1 Å². The Balaban J connectivity index is 2.05. The fourth-order valence-corrected chi connectivity index (χ4v) is 2.28. The van der Waals surface area contributed by atoms with Crippen LogP contribution < -0.4 is 11.3 Å². The second kappa shape index (κ2) is 5.27. The maximum Gasteiger partial charge on any atom is 0.258 e. The molecule has 3 rings (SSSR count). The fraction of sp³-hybridized carbons (Fsp3) is 0.125. The number of hydrogen-bond acceptors (Lipinski definition) is 3. The van der Waals surface area contributed by atoms with Crippen molar-refractivity contribution in [3.63, 3.8) is 0 Å². The summed E-state index contributed by atoms with van der Waals surface area (Å²) < 4.78 is 0. The molecular formula is C16H15N3O. The standard InChI is InChI=1S/C16H15N3O/c17-8-7-11-1-3-12(4-2-11)13-5-6-15-14(9-13)16(20)19-10-18-15/h1-6,9-10H,7-8,17H2,(H,18,19,20). The molecule has 0 aliphatic rings. The lowest BCUT2D eigenvalue weighted by Crippen LogP contribution is -2.06. The summed E-state index contributed by atoms with van der Waals surface area (Å²) in [5.41, 5.74) is 9.44. The van der Waals surface area contributed by atoms with Gasteiger partial charge in [0, 0.05) is 0 Å². The molecule has 0 amide bonds. The SMILES string of the molecule is NCCc1ccc(-c2ccc3nc[nH]c(=O)c3c2)cc1. The summed E-state index contributed by atoms with van der Waals surface area (Å²) in [6.45, 7) is 0.649. The average Bonchev–Trinajstić information content (AvgIpc) is 2.49. The Labute approximate surface area is 116 Å². The minimum Gasteiger partial charge on any atom is -0.330 e. The summed E-state index contributed by atoms with van der Waals surface area (Å²) >= 11 is 0. The predicted octanol–water partition coefficient (Wildman–Crippen LogP) is 2.09. The van der Waals surface area contributed by atoms with E-state index in [-0.39, 0.29) is 5.56 Å². The van der Waals surface area contributed by atoms with E-state index >= 15 is 0 Å². The zero-order chi connectivity index (χ0) is 13.9. The normalized spacial score (nSPS) is 10.8. The predicted molar refractivity (Wildman–Crippen MR) is 80.6 cm³/mol. The van der Waals surface area contributed by atoms with Crippen LogP contribution in [0.2, 0.25) is 0 Å². The topological polar surface area (TPSA) is 71.8 Å². The van der Waals surface area contributed by atoms with Crippen LogP contribution in [0.5, 0.6) is 0 Å². The molecule has 1 heterocycles. The van der Waals surface area contributed by atoms with Crippen LogP contribution in [0, 0.1) is 0 Å². The van der Waals surface area contributed by atoms with Gasteiger partial charge in [0.2, 0.25) is 0 Å². The number of aromatic amines is 1. The van der Waals surface area contributed by atoms with E-state index < -0.39 is 0 Å². The van der Waals surface area contributed by atoms with Crippen LogP contribution in [0.25, 0.3) is 22.0 Å². The summed E-state index contributed by atoms with van der Waals surface area (Å²) in [5, 5.41) is 0.607. The molecule has 0 unspecified atom stereocenters. The molecule has 0 saturated carbocycles. The van der Waals surface area contributed by atoms with Gasteiger partial charge in [0.25, 0.3) is 5.56 Å². The number of nitrogens with zero attached hydrogens (tertiary/aromatic N) is 1. The maximum atomic E-state index is 11.8. The Bertz CT molecular complexity index is 791. The fourth-order valence-electron chi connectivity index (χ4n) is 2.28. The zero-order valence-corrected chi connectivity index (χ0v) is 11.0. The van der Waals surface area contributed by atoms with Crippen LogP contribution >= 0.6 is 0 Å². The molecule has 4 heteroatoms. The smallest absolute Gasteiger partial charge is 0.258 e. The molecule has 0 bridgehead atoms. The van der Waals surface area contributed by atoms with Crippen molar-refractivity contribution in [1.82, 2.24) is 9.97 Å². The Morgan fingerprint density at radius 3 is 2.55 bits per heavy atom. The summed E-state index contributed by atoms with van der Waals surface area (Å²) in [4.78, 5) is 18.5. The minimum absolute atomic E-state index is 0.114. The van der Waals surface area contributed by atoms with Crippen molar-refractivity contribution < 1.29 is 0 Å². The lowest BCUT2D eigenvalue weighted by atomic mass is 10.0. The first kappa shape index (κ1) is 12.6. The van der Waals surface area contributed by atoms with Crippen LogP contribution in [0.4, 0.5) is 0 Å². The molecule has 0 aliphatic carbocycles. The second-order valence-electron chi connectivity index (χ2n) is 4.70. The van der Waals surface area contributed by atoms with Crippen molar-refractivity contribution in [2.45, 2.75) is 6.42 Å². The molecule has 20 heavy (non-hydrogen) atoms. The minimum atomic E-state index is -0.114. The van der Waals surface area contributed by atoms with E-state index in [1.54, 1.807) is 0 Å². The molecule has 0 aliphatic heterocycles. The van der Waals surface area contributed by atoms with E-state index in [1.165, 1.54) is 11.9 Å². The third kappa shape index (κ3) is 2.33. The first-order valence-corrected chi connectivity index (χ1v) is 6.55. The maximum absolute atomic E-state index is 11.8. The molecule has 0 spiro atoms. The number of aromatic nitrogens is 2. The van der Waals surface area contributed by atoms with Gasteiger partial charge in [-0.3, -0.25) is 4.79 Å². The summed E-state index contributed by atoms with van der Waals surface area (Å²) in [6, 6.07) is 14.0. The van der Waals surface area contributed by atoms with E-state index in [1.807, 2.05) is 18.2 Å². The number of fused-ring (bicyclic) bond motifs is 1. The van der Waals surface area contributed by atoms with Gasteiger partial charge in [-0.1, -0.05) is 30.3 Å². The molecule has 0 atom stereocenters. The molecular weight excluding hydrogens is 250 g/mol. The van der Waals surface area contributed by atoms with Crippen molar-refractivity contribution in [2.75, 3.05) is 6.54 Å². The highest BCUT2D eigenvalue weighted by Crippen LogP contribution is 2.22. The largest absolute Gasteiger partial charge is 0.330 e. The van der Waals surface area contributed by atoms with Gasteiger partial charge in [-0.05, 0) is 41.8 Å². The Morgan fingerprint density at radius 2 is 1.80 bits per heavy atom. The van der Waals surface area contributed by atoms with Gasteiger partial charge < -0.3 is 10.7 Å². The third-order valence-corrected chi connectivity index (χ3v) is 3.36. The quantitative estimate of drug-likeness (QED) is 0.761. The number of benzene rings is 2. The van der Waals surface area contributed by atoms with Gasteiger partial charge in [-0.25, -0.2) is 4.98 Å². The number of hydrogen-bond donors (Lipinski definition) is 2. The molecule has 1 aromatic heterocycles. The molecule has 0 saturated heterocycles. The number of nitrogens with two attached hydrogens (primary N) is 1. The summed E-state index contributed by atoms with van der Waals surface area (Å²) in [5.74, 6) is 0. The van der Waals surface area contributed by atoms with E-state index in [4.69, 9.17) is 5.73 Å². The molecule has 0 fully saturated rings. The van der Waals surface area contributed by atoms with Gasteiger partial charge in [0.1, 0.15) is 0 Å². The van der Waals surface area contributed by atoms with Crippen molar-refractivity contribution in [3.05, 3.63) is 64.7 Å². The number of H-pyrrole nitrogens is 1. The van der Waals surface area contributed by atoms with Crippen molar-refractivity contribution in [1.29, 1.82) is 0 Å². The highest BCUT2D eigenvalue weighted by atomic mass is 16.1. The molecule has 0 radical (unpaired) electrons. The van der Waals surface area contributed by atoms with E-state index in [9.17, 15) is 4.79 Å². The van der Waals surface area contributed by atoms with E-state index in [0.29, 0.717) is 17.4 Å². The molecule has 100 valence electrons. The highest BCUT2D eigenvalue weighted by Gasteiger charge is 2.03. The monoisotopic (exact) mass is 265 g/mol. The summed E-state index contributed by atoms with van der Waals surface area (Å²) in [7, 11) is 0. The van der Waals surface area contributed by atoms with Crippen molar-refractivity contribution >= 4 is 10.9 Å². The van der Waals surface area contributed by atoms with Crippen LogP contribution in [0.15, 0.2) is 53.6 Å². The van der Waals surface area contributed by atoms with Crippen LogP contribution in [-0.4, -0.2) is 16.5 Å². The molecule has 4 nitrogen and oxygen atoms in total. The van der Waals surface area contributed by atoms with Gasteiger partial charge in [0.15, 0.2) is 0 Å². The van der Waals surface area contributed by atoms with Gasteiger partial charge in [-0.2, -0.15) is 0 Å². The Kier molecular flexibility index (Phi) is 3.31. The highest BCUT2D eigenvalue weighted by molar-refractivity contribution is 5.83. The zero-order valence-electron chi connectivity index (χ0n) is 11.0. The van der Waals surface area contributed by atoms with Crippen LogP contribution in [0.1, 0.15) is 5.56 Å². The Hall–Kier alpha value is -2.46. The van der Waals surface area contributed by atoms with Gasteiger partial charge in [0.05, 0.1) is 17.2 Å². The van der Waals surface area contributed by atoms with E-state index in [2.05, 4.69) is 34.2 Å². The number of nitrogens with one attached hydrogen (secondary N) is 1. The van der Waals surface area contributed by atoms with Crippen LogP contribution in [-0.2, 0) is 6.42 Å². The van der Waals surface area contributed by atoms with Crippen LogP contribution in [0.3, 0.4) is 0 Å². The molecule has 3 N–H and O–H groups in total.